The van der Waals surface area contributed by atoms with Gasteiger partial charge >= 0.3 is 5.97 Å². The van der Waals surface area contributed by atoms with Crippen molar-refractivity contribution in [3.8, 4) is 11.5 Å². The summed E-state index contributed by atoms with van der Waals surface area (Å²) >= 11 is 0. The molecule has 1 fully saturated rings. The maximum Gasteiger partial charge on any atom is 0.311 e. The quantitative estimate of drug-likeness (QED) is 0.635. The summed E-state index contributed by atoms with van der Waals surface area (Å²) in [6, 6.07) is 13.8. The first-order valence-electron chi connectivity index (χ1n) is 10.5. The first-order chi connectivity index (χ1) is 15.5. The molecule has 2 amide bonds. The first-order valence-corrected chi connectivity index (χ1v) is 10.5. The third kappa shape index (κ3) is 5.19. The van der Waals surface area contributed by atoms with E-state index in [2.05, 4.69) is 5.32 Å². The normalized spacial score (nSPS) is 18.1. The van der Waals surface area contributed by atoms with Gasteiger partial charge in [-0.1, -0.05) is 12.1 Å². The number of ether oxygens (including phenoxy) is 3. The fourth-order valence-electron chi connectivity index (χ4n) is 3.86. The van der Waals surface area contributed by atoms with Crippen molar-refractivity contribution in [2.24, 2.45) is 5.92 Å². The zero-order chi connectivity index (χ0) is 23.1. The third-order valence-electron chi connectivity index (χ3n) is 5.43. The van der Waals surface area contributed by atoms with Crippen LogP contribution in [0.3, 0.4) is 0 Å². The van der Waals surface area contributed by atoms with Crippen LogP contribution in [0.4, 0.5) is 5.69 Å². The lowest BCUT2D eigenvalue weighted by Gasteiger charge is -2.40. The van der Waals surface area contributed by atoms with E-state index in [4.69, 9.17) is 14.2 Å². The molecule has 170 valence electrons. The van der Waals surface area contributed by atoms with Crippen LogP contribution in [0, 0.1) is 5.92 Å². The first kappa shape index (κ1) is 23.1. The molecule has 1 aliphatic heterocycles. The summed E-state index contributed by atoms with van der Waals surface area (Å²) in [4.78, 5) is 39.4. The molecule has 0 aromatic heterocycles. The summed E-state index contributed by atoms with van der Waals surface area (Å²) in [6.07, 6.45) is 0.524. The van der Waals surface area contributed by atoms with Crippen molar-refractivity contribution < 1.29 is 28.6 Å². The number of likely N-dealkylation sites (N-methyl/N-ethyl adjacent to an activating group) is 1. The Morgan fingerprint density at radius 1 is 1.00 bits per heavy atom. The number of nitrogens with zero attached hydrogens (tertiary/aromatic N) is 1. The number of rotatable bonds is 8. The van der Waals surface area contributed by atoms with Crippen LogP contribution in [-0.4, -0.2) is 45.2 Å². The molecule has 0 radical (unpaired) electrons. The van der Waals surface area contributed by atoms with Gasteiger partial charge in [0.2, 0.25) is 5.91 Å². The van der Waals surface area contributed by atoms with Gasteiger partial charge in [0.15, 0.2) is 6.61 Å². The number of hydrogen-bond donors (Lipinski definition) is 1. The molecule has 2 aromatic rings. The van der Waals surface area contributed by atoms with Crippen molar-refractivity contribution in [2.45, 2.75) is 25.8 Å². The van der Waals surface area contributed by atoms with Crippen molar-refractivity contribution >= 4 is 23.5 Å². The van der Waals surface area contributed by atoms with E-state index in [1.165, 1.54) is 0 Å². The second-order valence-electron chi connectivity index (χ2n) is 7.39. The van der Waals surface area contributed by atoms with E-state index in [-0.39, 0.29) is 24.8 Å². The smallest absolute Gasteiger partial charge is 0.311 e. The predicted octanol–water partition coefficient (Wildman–Crippen LogP) is 2.87. The molecule has 3 rings (SSSR count). The number of methoxy groups -OCH3 is 2. The van der Waals surface area contributed by atoms with Gasteiger partial charge in [-0.3, -0.25) is 14.4 Å². The molecule has 1 N–H and O–H groups in total. The van der Waals surface area contributed by atoms with Crippen molar-refractivity contribution in [1.82, 2.24) is 5.32 Å². The Morgan fingerprint density at radius 3 is 2.16 bits per heavy atom. The van der Waals surface area contributed by atoms with Crippen LogP contribution in [0.1, 0.15) is 31.4 Å². The van der Waals surface area contributed by atoms with Crippen molar-refractivity contribution in [3.63, 3.8) is 0 Å². The molecule has 0 spiro atoms. The highest BCUT2D eigenvalue weighted by molar-refractivity contribution is 5.97. The van der Waals surface area contributed by atoms with E-state index >= 15 is 0 Å². The summed E-state index contributed by atoms with van der Waals surface area (Å²) in [7, 11) is 3.15. The largest absolute Gasteiger partial charge is 0.497 e. The lowest BCUT2D eigenvalue weighted by Crippen LogP contribution is -2.46. The van der Waals surface area contributed by atoms with Gasteiger partial charge in [-0.25, -0.2) is 0 Å². The van der Waals surface area contributed by atoms with Gasteiger partial charge in [0.1, 0.15) is 11.5 Å². The van der Waals surface area contributed by atoms with Crippen LogP contribution in [0.25, 0.3) is 0 Å². The molecule has 8 heteroatoms. The van der Waals surface area contributed by atoms with Crippen LogP contribution in [0.15, 0.2) is 48.5 Å². The van der Waals surface area contributed by atoms with Gasteiger partial charge < -0.3 is 24.4 Å². The Kier molecular flexibility index (Phi) is 7.70. The minimum atomic E-state index is -0.627. The third-order valence-corrected chi connectivity index (χ3v) is 5.43. The number of hydrogen-bond acceptors (Lipinski definition) is 6. The molecule has 0 saturated carbocycles. The molecule has 2 atom stereocenters. The van der Waals surface area contributed by atoms with Crippen molar-refractivity contribution in [3.05, 3.63) is 54.1 Å². The number of benzene rings is 2. The molecular formula is C24H28N2O6. The van der Waals surface area contributed by atoms with Gasteiger partial charge in [-0.2, -0.15) is 0 Å². The molecule has 2 aromatic carbocycles. The average Bonchev–Trinajstić information content (AvgIpc) is 2.82. The molecular weight excluding hydrogens is 412 g/mol. The minimum absolute atomic E-state index is 0.0937. The van der Waals surface area contributed by atoms with E-state index in [1.54, 1.807) is 62.4 Å². The van der Waals surface area contributed by atoms with Gasteiger partial charge in [-0.05, 0) is 55.3 Å². The van der Waals surface area contributed by atoms with Crippen LogP contribution in [-0.2, 0) is 19.1 Å². The lowest BCUT2D eigenvalue weighted by atomic mass is 9.83. The SMILES string of the molecule is CCNC(=O)COC(=O)[C@@H]1CCC(=O)N(c2ccc(OC)cc2)[C@H]1c1ccc(OC)cc1. The summed E-state index contributed by atoms with van der Waals surface area (Å²) in [5.74, 6) is -0.260. The van der Waals surface area contributed by atoms with E-state index < -0.39 is 17.9 Å². The van der Waals surface area contributed by atoms with Crippen LogP contribution >= 0.6 is 0 Å². The number of anilines is 1. The summed E-state index contributed by atoms with van der Waals surface area (Å²) in [5.41, 5.74) is 1.42. The van der Waals surface area contributed by atoms with Crippen LogP contribution < -0.4 is 19.7 Å². The molecule has 32 heavy (non-hydrogen) atoms. The van der Waals surface area contributed by atoms with E-state index in [0.717, 1.165) is 5.56 Å². The summed E-state index contributed by atoms with van der Waals surface area (Å²) < 4.78 is 15.8. The number of carbonyl (C=O) groups excluding carboxylic acids is 3. The van der Waals surface area contributed by atoms with Crippen molar-refractivity contribution in [2.75, 3.05) is 32.3 Å². The highest BCUT2D eigenvalue weighted by atomic mass is 16.5. The maximum atomic E-state index is 13.0. The highest BCUT2D eigenvalue weighted by Gasteiger charge is 2.42. The van der Waals surface area contributed by atoms with Crippen LogP contribution in [0.5, 0.6) is 11.5 Å². The molecule has 0 unspecified atom stereocenters. The predicted molar refractivity (Wildman–Crippen MR) is 119 cm³/mol. The number of carbonyl (C=O) groups is 3. The molecule has 0 aliphatic carbocycles. The Morgan fingerprint density at radius 2 is 1.59 bits per heavy atom. The van der Waals surface area contributed by atoms with Gasteiger partial charge in [-0.15, -0.1) is 0 Å². The Bertz CT molecular complexity index is 942. The monoisotopic (exact) mass is 440 g/mol. The second kappa shape index (κ2) is 10.7. The Labute approximate surface area is 187 Å². The standard InChI is InChI=1S/C24H28N2O6/c1-4-25-21(27)15-32-24(29)20-13-14-22(28)26(17-7-11-19(31-3)12-8-17)23(20)16-5-9-18(30-2)10-6-16/h5-12,20,23H,4,13-15H2,1-3H3,(H,25,27)/t20-,23+/m1/s1. The average molecular weight is 440 g/mol. The van der Waals surface area contributed by atoms with E-state index in [0.29, 0.717) is 30.2 Å². The topological polar surface area (TPSA) is 94.2 Å². The van der Waals surface area contributed by atoms with E-state index in [1.807, 2.05) is 12.1 Å². The molecule has 8 nitrogen and oxygen atoms in total. The number of esters is 1. The van der Waals surface area contributed by atoms with Gasteiger partial charge in [0, 0.05) is 18.7 Å². The molecule has 1 heterocycles. The van der Waals surface area contributed by atoms with Gasteiger partial charge in [0.05, 0.1) is 26.2 Å². The van der Waals surface area contributed by atoms with Crippen LogP contribution in [0.2, 0.25) is 0 Å². The van der Waals surface area contributed by atoms with Gasteiger partial charge in [0.25, 0.3) is 5.91 Å². The second-order valence-corrected chi connectivity index (χ2v) is 7.39. The summed E-state index contributed by atoms with van der Waals surface area (Å²) in [6.45, 7) is 1.89. The zero-order valence-electron chi connectivity index (χ0n) is 18.5. The Balaban J connectivity index is 1.96. The molecule has 1 saturated heterocycles. The maximum absolute atomic E-state index is 13.0. The molecule has 0 bridgehead atoms. The lowest BCUT2D eigenvalue weighted by molar-refractivity contribution is -0.154. The molecule has 1 aliphatic rings. The highest BCUT2D eigenvalue weighted by Crippen LogP contribution is 2.41. The number of nitrogens with one attached hydrogen (secondary N) is 1. The van der Waals surface area contributed by atoms with Crippen molar-refractivity contribution in [1.29, 1.82) is 0 Å². The fraction of sp³-hybridized carbons (Fsp3) is 0.375. The minimum Gasteiger partial charge on any atom is -0.497 e. The number of piperidine rings is 1. The summed E-state index contributed by atoms with van der Waals surface area (Å²) in [5, 5.41) is 2.61. The number of amides is 2. The Hall–Kier alpha value is -3.55. The zero-order valence-corrected chi connectivity index (χ0v) is 18.5. The fourth-order valence-corrected chi connectivity index (χ4v) is 3.86. The van der Waals surface area contributed by atoms with E-state index in [9.17, 15) is 14.4 Å².